The molecule has 1 aliphatic rings. The van der Waals surface area contributed by atoms with Gasteiger partial charge in [-0.2, -0.15) is 0 Å². The Morgan fingerprint density at radius 3 is 2.58 bits per heavy atom. The highest BCUT2D eigenvalue weighted by molar-refractivity contribution is 5.45. The number of benzene rings is 2. The summed E-state index contributed by atoms with van der Waals surface area (Å²) in [4.78, 5) is 2.43. The summed E-state index contributed by atoms with van der Waals surface area (Å²) in [6.07, 6.45) is 1.12. The van der Waals surface area contributed by atoms with Crippen LogP contribution < -0.4 is 0 Å². The molecule has 1 atom stereocenters. The lowest BCUT2D eigenvalue weighted by atomic mass is 9.81. The monoisotopic (exact) mass is 251 g/mol. The average molecular weight is 251 g/mol. The zero-order valence-electron chi connectivity index (χ0n) is 11.8. The number of nitrogens with zero attached hydrogens (tertiary/aromatic N) is 1. The molecule has 0 radical (unpaired) electrons. The third-order valence-corrected chi connectivity index (χ3v) is 4.15. The topological polar surface area (TPSA) is 3.24 Å². The summed E-state index contributed by atoms with van der Waals surface area (Å²) >= 11 is 0. The van der Waals surface area contributed by atoms with Crippen LogP contribution in [0.1, 0.15) is 35.1 Å². The third kappa shape index (κ3) is 2.31. The second kappa shape index (κ2) is 5.18. The molecule has 0 saturated heterocycles. The van der Waals surface area contributed by atoms with Crippen LogP contribution in [-0.2, 0) is 13.0 Å². The summed E-state index contributed by atoms with van der Waals surface area (Å²) in [5.41, 5.74) is 6.03. The second-order valence-corrected chi connectivity index (χ2v) is 5.50. The van der Waals surface area contributed by atoms with Gasteiger partial charge in [-0.05, 0) is 35.7 Å². The molecule has 0 aliphatic carbocycles. The highest BCUT2D eigenvalue weighted by Gasteiger charge is 2.26. The Morgan fingerprint density at radius 2 is 1.84 bits per heavy atom. The van der Waals surface area contributed by atoms with E-state index in [9.17, 15) is 0 Å². The van der Waals surface area contributed by atoms with Crippen molar-refractivity contribution in [3.8, 4) is 0 Å². The molecule has 98 valence electrons. The number of hydrogen-bond acceptors (Lipinski definition) is 1. The first-order valence-corrected chi connectivity index (χ1v) is 7.13. The second-order valence-electron chi connectivity index (χ2n) is 5.50. The van der Waals surface area contributed by atoms with E-state index in [0.717, 1.165) is 19.5 Å². The Labute approximate surface area is 115 Å². The van der Waals surface area contributed by atoms with E-state index in [-0.39, 0.29) is 0 Å². The van der Waals surface area contributed by atoms with Crippen LogP contribution in [0.4, 0.5) is 0 Å². The Bertz CT molecular complexity index is 559. The maximum atomic E-state index is 2.43. The minimum atomic E-state index is 0.520. The first kappa shape index (κ1) is 12.4. The molecular weight excluding hydrogens is 230 g/mol. The van der Waals surface area contributed by atoms with E-state index >= 15 is 0 Å². The lowest BCUT2D eigenvalue weighted by molar-refractivity contribution is 0.294. The molecule has 0 fully saturated rings. The maximum Gasteiger partial charge on any atom is 0.0234 e. The van der Waals surface area contributed by atoms with Gasteiger partial charge < -0.3 is 4.90 Å². The van der Waals surface area contributed by atoms with Gasteiger partial charge in [0.2, 0.25) is 0 Å². The Morgan fingerprint density at radius 1 is 1.05 bits per heavy atom. The predicted octanol–water partition coefficient (Wildman–Crippen LogP) is 3.83. The van der Waals surface area contributed by atoms with Gasteiger partial charge in [0.1, 0.15) is 0 Å². The molecule has 1 nitrogen and oxygen atoms in total. The van der Waals surface area contributed by atoms with Gasteiger partial charge in [0.05, 0.1) is 0 Å². The van der Waals surface area contributed by atoms with Gasteiger partial charge in [0, 0.05) is 19.0 Å². The molecule has 0 bridgehead atoms. The molecule has 3 rings (SSSR count). The third-order valence-electron chi connectivity index (χ3n) is 4.15. The zero-order valence-corrected chi connectivity index (χ0v) is 11.8. The normalized spacial score (nSPS) is 19.2. The van der Waals surface area contributed by atoms with E-state index in [2.05, 4.69) is 67.4 Å². The van der Waals surface area contributed by atoms with Crippen LogP contribution in [0.5, 0.6) is 0 Å². The summed E-state index contributed by atoms with van der Waals surface area (Å²) < 4.78 is 0. The highest BCUT2D eigenvalue weighted by atomic mass is 15.1. The SMILES string of the molecule is CCc1cccc2c1[C@H](c1ccccc1)CN(C)C2. The van der Waals surface area contributed by atoms with Crippen LogP contribution in [-0.4, -0.2) is 18.5 Å². The van der Waals surface area contributed by atoms with Crippen molar-refractivity contribution in [2.45, 2.75) is 25.8 Å². The molecule has 2 aromatic rings. The number of fused-ring (bicyclic) bond motifs is 1. The van der Waals surface area contributed by atoms with E-state index < -0.39 is 0 Å². The summed E-state index contributed by atoms with van der Waals surface area (Å²) in [5.74, 6) is 0.520. The number of likely N-dealkylation sites (N-methyl/N-ethyl adjacent to an activating group) is 1. The molecule has 0 spiro atoms. The Hall–Kier alpha value is -1.60. The molecule has 0 aromatic heterocycles. The van der Waals surface area contributed by atoms with Gasteiger partial charge >= 0.3 is 0 Å². The molecule has 0 saturated carbocycles. The van der Waals surface area contributed by atoms with Crippen molar-refractivity contribution in [1.29, 1.82) is 0 Å². The standard InChI is InChI=1S/C18H21N/c1-3-14-10-7-11-16-12-19(2)13-17(18(14)16)15-8-5-4-6-9-15/h4-11,17H,3,12-13H2,1-2H3/t17-/m0/s1. The van der Waals surface area contributed by atoms with Crippen LogP contribution in [0, 0.1) is 0 Å². The molecule has 1 heteroatoms. The van der Waals surface area contributed by atoms with Crippen LogP contribution >= 0.6 is 0 Å². The van der Waals surface area contributed by atoms with Gasteiger partial charge in [-0.3, -0.25) is 0 Å². The van der Waals surface area contributed by atoms with Gasteiger partial charge in [0.25, 0.3) is 0 Å². The molecule has 2 aromatic carbocycles. The van der Waals surface area contributed by atoms with Crippen LogP contribution in [0.3, 0.4) is 0 Å². The van der Waals surface area contributed by atoms with E-state index in [1.807, 2.05) is 0 Å². The average Bonchev–Trinajstić information content (AvgIpc) is 2.46. The lowest BCUT2D eigenvalue weighted by Gasteiger charge is -2.34. The van der Waals surface area contributed by atoms with Crippen LogP contribution in [0.15, 0.2) is 48.5 Å². The molecule has 0 amide bonds. The molecule has 1 aliphatic heterocycles. The van der Waals surface area contributed by atoms with Crippen molar-refractivity contribution in [3.63, 3.8) is 0 Å². The Balaban J connectivity index is 2.13. The van der Waals surface area contributed by atoms with Crippen molar-refractivity contribution >= 4 is 0 Å². The van der Waals surface area contributed by atoms with Crippen molar-refractivity contribution in [1.82, 2.24) is 4.90 Å². The first-order valence-electron chi connectivity index (χ1n) is 7.13. The molecule has 19 heavy (non-hydrogen) atoms. The Kier molecular flexibility index (Phi) is 3.39. The van der Waals surface area contributed by atoms with Gasteiger partial charge in [-0.1, -0.05) is 55.5 Å². The minimum absolute atomic E-state index is 0.520. The fourth-order valence-corrected chi connectivity index (χ4v) is 3.28. The lowest BCUT2D eigenvalue weighted by Crippen LogP contribution is -2.31. The van der Waals surface area contributed by atoms with Gasteiger partial charge in [-0.15, -0.1) is 0 Å². The zero-order chi connectivity index (χ0) is 13.2. The largest absolute Gasteiger partial charge is 0.301 e. The minimum Gasteiger partial charge on any atom is -0.301 e. The summed E-state index contributed by atoms with van der Waals surface area (Å²) in [6, 6.07) is 17.7. The highest BCUT2D eigenvalue weighted by Crippen LogP contribution is 2.35. The fraction of sp³-hybridized carbons (Fsp3) is 0.333. The van der Waals surface area contributed by atoms with E-state index in [0.29, 0.717) is 5.92 Å². The van der Waals surface area contributed by atoms with Crippen LogP contribution in [0.2, 0.25) is 0 Å². The van der Waals surface area contributed by atoms with Gasteiger partial charge in [-0.25, -0.2) is 0 Å². The van der Waals surface area contributed by atoms with E-state index in [1.54, 1.807) is 5.56 Å². The number of aryl methyl sites for hydroxylation is 1. The van der Waals surface area contributed by atoms with Crippen molar-refractivity contribution in [2.75, 3.05) is 13.6 Å². The van der Waals surface area contributed by atoms with Crippen molar-refractivity contribution in [3.05, 3.63) is 70.8 Å². The molecule has 0 unspecified atom stereocenters. The van der Waals surface area contributed by atoms with Crippen molar-refractivity contribution < 1.29 is 0 Å². The molecular formula is C18H21N. The number of hydrogen-bond donors (Lipinski definition) is 0. The van der Waals surface area contributed by atoms with E-state index in [4.69, 9.17) is 0 Å². The summed E-state index contributed by atoms with van der Waals surface area (Å²) in [7, 11) is 2.22. The van der Waals surface area contributed by atoms with Crippen LogP contribution in [0.25, 0.3) is 0 Å². The fourth-order valence-electron chi connectivity index (χ4n) is 3.28. The molecule has 1 heterocycles. The smallest absolute Gasteiger partial charge is 0.0234 e. The maximum absolute atomic E-state index is 2.43. The molecule has 0 N–H and O–H groups in total. The van der Waals surface area contributed by atoms with Crippen molar-refractivity contribution in [2.24, 2.45) is 0 Å². The first-order chi connectivity index (χ1) is 9.29. The number of rotatable bonds is 2. The predicted molar refractivity (Wildman–Crippen MR) is 80.4 cm³/mol. The quantitative estimate of drug-likeness (QED) is 0.784. The summed E-state index contributed by atoms with van der Waals surface area (Å²) in [6.45, 7) is 4.45. The van der Waals surface area contributed by atoms with Gasteiger partial charge in [0.15, 0.2) is 0 Å². The summed E-state index contributed by atoms with van der Waals surface area (Å²) in [5, 5.41) is 0. The van der Waals surface area contributed by atoms with E-state index in [1.165, 1.54) is 16.7 Å².